The van der Waals surface area contributed by atoms with Gasteiger partial charge in [0.1, 0.15) is 5.84 Å². The zero-order chi connectivity index (χ0) is 23.7. The van der Waals surface area contributed by atoms with Crippen molar-refractivity contribution in [2.75, 3.05) is 13.1 Å². The largest absolute Gasteiger partial charge is 0.343 e. The molecule has 1 atom stereocenters. The molecule has 1 heterocycles. The minimum atomic E-state index is -3.91. The third-order valence-corrected chi connectivity index (χ3v) is 8.86. The van der Waals surface area contributed by atoms with E-state index < -0.39 is 26.2 Å². The quantitative estimate of drug-likeness (QED) is 0.483. The number of sulfonamides is 2. The molecule has 0 N–H and O–H groups in total. The number of hydrogen-bond acceptors (Lipinski definition) is 4. The van der Waals surface area contributed by atoms with Gasteiger partial charge in [0, 0.05) is 13.1 Å². The van der Waals surface area contributed by atoms with Crippen LogP contribution in [0.4, 0.5) is 0 Å². The van der Waals surface area contributed by atoms with Gasteiger partial charge in [0.25, 0.3) is 10.0 Å². The summed E-state index contributed by atoms with van der Waals surface area (Å²) in [5, 5.41) is 0. The first kappa shape index (κ1) is 24.4. The lowest BCUT2D eigenvalue weighted by atomic mass is 10.1. The van der Waals surface area contributed by atoms with E-state index in [-0.39, 0.29) is 21.5 Å². The molecule has 174 valence electrons. The highest BCUT2D eigenvalue weighted by Gasteiger charge is 2.40. The Hall–Kier alpha value is -2.23. The van der Waals surface area contributed by atoms with Crippen LogP contribution < -0.4 is 0 Å². The molecule has 7 nitrogen and oxygen atoms in total. The van der Waals surface area contributed by atoms with Gasteiger partial charge in [-0.2, -0.15) is 12.7 Å². The van der Waals surface area contributed by atoms with E-state index >= 15 is 0 Å². The molecule has 0 bridgehead atoms. The second kappa shape index (κ2) is 9.33. The fraction of sp³-hybridized carbons (Fsp3) is 0.435. The summed E-state index contributed by atoms with van der Waals surface area (Å²) in [6, 6.07) is 13.3. The molecule has 9 heteroatoms. The van der Waals surface area contributed by atoms with E-state index in [0.717, 1.165) is 11.1 Å². The highest BCUT2D eigenvalue weighted by molar-refractivity contribution is 7.90. The van der Waals surface area contributed by atoms with Crippen LogP contribution >= 0.6 is 0 Å². The molecule has 0 amide bonds. The first-order valence-corrected chi connectivity index (χ1v) is 13.5. The van der Waals surface area contributed by atoms with Crippen molar-refractivity contribution in [3.63, 3.8) is 0 Å². The van der Waals surface area contributed by atoms with Crippen LogP contribution in [-0.4, -0.2) is 51.1 Å². The Morgan fingerprint density at radius 1 is 0.875 bits per heavy atom. The van der Waals surface area contributed by atoms with Gasteiger partial charge in [0.05, 0.1) is 16.0 Å². The van der Waals surface area contributed by atoms with Crippen molar-refractivity contribution in [1.82, 2.24) is 9.21 Å². The van der Waals surface area contributed by atoms with Crippen LogP contribution in [-0.2, 0) is 20.0 Å². The van der Waals surface area contributed by atoms with Crippen LogP contribution in [0.2, 0.25) is 0 Å². The lowest BCUT2D eigenvalue weighted by Crippen LogP contribution is -2.59. The minimum Gasteiger partial charge on any atom is -0.343 e. The number of amidine groups is 1. The Morgan fingerprint density at radius 3 is 1.88 bits per heavy atom. The van der Waals surface area contributed by atoms with Crippen LogP contribution in [0.5, 0.6) is 0 Å². The number of aryl methyl sites for hydroxylation is 2. The van der Waals surface area contributed by atoms with Crippen molar-refractivity contribution in [2.24, 2.45) is 10.3 Å². The maximum absolute atomic E-state index is 13.5. The zero-order valence-corrected chi connectivity index (χ0v) is 20.8. The van der Waals surface area contributed by atoms with Crippen molar-refractivity contribution >= 4 is 25.9 Å². The summed E-state index contributed by atoms with van der Waals surface area (Å²) in [5.41, 5.74) is 1.94. The van der Waals surface area contributed by atoms with E-state index in [0.29, 0.717) is 19.5 Å². The molecule has 2 aromatic rings. The van der Waals surface area contributed by atoms with E-state index in [1.807, 2.05) is 27.7 Å². The number of benzene rings is 2. The van der Waals surface area contributed by atoms with Gasteiger partial charge in [-0.05, 0) is 57.4 Å². The molecule has 1 aliphatic heterocycles. The lowest BCUT2D eigenvalue weighted by molar-refractivity contribution is 0.0839. The number of nitrogens with zero attached hydrogens (tertiary/aromatic N) is 3. The van der Waals surface area contributed by atoms with E-state index in [1.54, 1.807) is 48.2 Å². The molecule has 3 rings (SSSR count). The average molecular weight is 478 g/mol. The maximum atomic E-state index is 13.5. The average Bonchev–Trinajstić information content (AvgIpc) is 2.73. The Bertz CT molecular complexity index is 1190. The molecule has 1 fully saturated rings. The second-order valence-corrected chi connectivity index (χ2v) is 12.1. The first-order valence-electron chi connectivity index (χ1n) is 10.7. The monoisotopic (exact) mass is 477 g/mol. The molecular formula is C23H31N3O4S2. The molecule has 0 saturated carbocycles. The van der Waals surface area contributed by atoms with Crippen LogP contribution in [0.1, 0.15) is 38.3 Å². The first-order chi connectivity index (χ1) is 14.9. The number of rotatable bonds is 5. The topological polar surface area (TPSA) is 87.1 Å². The van der Waals surface area contributed by atoms with Crippen molar-refractivity contribution in [3.05, 3.63) is 59.7 Å². The summed E-state index contributed by atoms with van der Waals surface area (Å²) < 4.78 is 58.2. The molecular weight excluding hydrogens is 446 g/mol. The maximum Gasteiger partial charge on any atom is 0.283 e. The molecule has 0 aromatic heterocycles. The zero-order valence-electron chi connectivity index (χ0n) is 19.2. The van der Waals surface area contributed by atoms with Gasteiger partial charge < -0.3 is 4.90 Å². The van der Waals surface area contributed by atoms with Crippen molar-refractivity contribution < 1.29 is 16.8 Å². The van der Waals surface area contributed by atoms with Crippen molar-refractivity contribution in [2.45, 2.75) is 57.0 Å². The molecule has 1 saturated heterocycles. The third-order valence-electron chi connectivity index (χ3n) is 5.60. The van der Waals surface area contributed by atoms with Gasteiger partial charge in [-0.3, -0.25) is 0 Å². The molecule has 0 radical (unpaired) electrons. The Balaban J connectivity index is 1.98. The smallest absolute Gasteiger partial charge is 0.283 e. The van der Waals surface area contributed by atoms with Gasteiger partial charge in [-0.1, -0.05) is 49.2 Å². The highest BCUT2D eigenvalue weighted by Crippen LogP contribution is 2.29. The number of hydrogen-bond donors (Lipinski definition) is 0. The second-order valence-electron chi connectivity index (χ2n) is 8.56. The molecule has 1 aliphatic rings. The Kier molecular flexibility index (Phi) is 7.12. The molecule has 0 unspecified atom stereocenters. The van der Waals surface area contributed by atoms with Crippen LogP contribution in [0.25, 0.3) is 0 Å². The minimum absolute atomic E-state index is 0.0808. The SMILES string of the molecule is CC(=NS(=O)(=O)c1ccc(C)cc1)N1CCCN(S(=O)(=O)c2ccc(C)cc2)[C@@H]1C(C)C. The summed E-state index contributed by atoms with van der Waals surface area (Å²) in [6.07, 6.45) is 0.0400. The van der Waals surface area contributed by atoms with Crippen molar-refractivity contribution in [3.8, 4) is 0 Å². The van der Waals surface area contributed by atoms with Gasteiger partial charge in [-0.15, -0.1) is 4.40 Å². The van der Waals surface area contributed by atoms with Gasteiger partial charge in [0.15, 0.2) is 0 Å². The Labute approximate surface area is 191 Å². The van der Waals surface area contributed by atoms with Crippen molar-refractivity contribution in [1.29, 1.82) is 0 Å². The fourth-order valence-electron chi connectivity index (χ4n) is 3.96. The molecule has 2 aromatic carbocycles. The standard InChI is InChI=1S/C23H31N3O4S2/c1-17(2)23-25(20(5)24-31(27,28)21-11-7-18(3)8-12-21)15-6-16-26(23)32(29,30)22-13-9-19(4)10-14-22/h7-14,17,23H,6,15-16H2,1-5H3/t23-/m1/s1. The predicted molar refractivity (Wildman–Crippen MR) is 126 cm³/mol. The fourth-order valence-corrected chi connectivity index (χ4v) is 6.76. The lowest BCUT2D eigenvalue weighted by Gasteiger charge is -2.45. The van der Waals surface area contributed by atoms with Gasteiger partial charge >= 0.3 is 0 Å². The summed E-state index contributed by atoms with van der Waals surface area (Å²) in [5.74, 6) is 0.204. The normalized spacial score (nSPS) is 18.9. The van der Waals surface area contributed by atoms with Gasteiger partial charge in [0.2, 0.25) is 10.0 Å². The van der Waals surface area contributed by atoms with E-state index in [4.69, 9.17) is 0 Å². The van der Waals surface area contributed by atoms with E-state index in [2.05, 4.69) is 4.40 Å². The Morgan fingerprint density at radius 2 is 1.38 bits per heavy atom. The third kappa shape index (κ3) is 5.05. The summed E-state index contributed by atoms with van der Waals surface area (Å²) in [7, 11) is -7.66. The van der Waals surface area contributed by atoms with E-state index in [1.165, 1.54) is 16.4 Å². The molecule has 0 spiro atoms. The van der Waals surface area contributed by atoms with E-state index in [9.17, 15) is 16.8 Å². The highest BCUT2D eigenvalue weighted by atomic mass is 32.2. The molecule has 32 heavy (non-hydrogen) atoms. The summed E-state index contributed by atoms with van der Waals surface area (Å²) in [4.78, 5) is 2.15. The van der Waals surface area contributed by atoms with Gasteiger partial charge in [-0.25, -0.2) is 8.42 Å². The van der Waals surface area contributed by atoms with Crippen LogP contribution in [0, 0.1) is 19.8 Å². The predicted octanol–water partition coefficient (Wildman–Crippen LogP) is 3.79. The summed E-state index contributed by atoms with van der Waals surface area (Å²) in [6.45, 7) is 10.2. The van der Waals surface area contributed by atoms with Crippen LogP contribution in [0.15, 0.2) is 62.7 Å². The summed E-state index contributed by atoms with van der Waals surface area (Å²) >= 11 is 0. The molecule has 0 aliphatic carbocycles. The van der Waals surface area contributed by atoms with Crippen LogP contribution in [0.3, 0.4) is 0 Å².